The summed E-state index contributed by atoms with van der Waals surface area (Å²) in [6.45, 7) is 0.479. The van der Waals surface area contributed by atoms with E-state index in [2.05, 4.69) is 22.6 Å². The van der Waals surface area contributed by atoms with Crippen molar-refractivity contribution in [3.8, 4) is 0 Å². The molecule has 0 radical (unpaired) electrons. The van der Waals surface area contributed by atoms with Gasteiger partial charge < -0.3 is 4.90 Å². The second kappa shape index (κ2) is 6.01. The van der Waals surface area contributed by atoms with E-state index in [0.29, 0.717) is 17.9 Å². The fraction of sp³-hybridized carbons (Fsp3) is 0.417. The molecular weight excluding hydrogens is 397 g/mol. The van der Waals surface area contributed by atoms with Crippen molar-refractivity contribution in [3.05, 3.63) is 33.4 Å². The molecule has 1 fully saturated rings. The van der Waals surface area contributed by atoms with Crippen molar-refractivity contribution in [1.29, 1.82) is 0 Å². The molecule has 1 amide bonds. The first-order valence-electron chi connectivity index (χ1n) is 5.73. The SMILES string of the molecule is CS(=O)(=O)C1CSCCN1C(=O)c1ccc(I)cc1. The molecule has 1 unspecified atom stereocenters. The number of sulfone groups is 1. The standard InChI is InChI=1S/C12H14INO3S2/c1-19(16,17)11-8-18-7-6-14(11)12(15)9-2-4-10(13)5-3-9/h2-5,11H,6-8H2,1H3. The molecule has 104 valence electrons. The summed E-state index contributed by atoms with van der Waals surface area (Å²) in [4.78, 5) is 13.9. The third-order valence-electron chi connectivity index (χ3n) is 2.93. The van der Waals surface area contributed by atoms with Gasteiger partial charge in [-0.05, 0) is 46.9 Å². The number of nitrogens with zero attached hydrogens (tertiary/aromatic N) is 1. The monoisotopic (exact) mass is 411 g/mol. The van der Waals surface area contributed by atoms with E-state index < -0.39 is 15.2 Å². The summed E-state index contributed by atoms with van der Waals surface area (Å²) < 4.78 is 24.6. The van der Waals surface area contributed by atoms with Crippen LogP contribution in [0.1, 0.15) is 10.4 Å². The molecule has 0 N–H and O–H groups in total. The highest BCUT2D eigenvalue weighted by Crippen LogP contribution is 2.22. The minimum atomic E-state index is -3.25. The van der Waals surface area contributed by atoms with Crippen LogP contribution in [-0.4, -0.2) is 48.9 Å². The molecule has 2 rings (SSSR count). The molecule has 19 heavy (non-hydrogen) atoms. The molecule has 1 aliphatic rings. The Labute approximate surface area is 131 Å². The van der Waals surface area contributed by atoms with Crippen LogP contribution in [0.2, 0.25) is 0 Å². The summed E-state index contributed by atoms with van der Waals surface area (Å²) in [5.74, 6) is 1.03. The molecule has 0 saturated carbocycles. The topological polar surface area (TPSA) is 54.5 Å². The van der Waals surface area contributed by atoms with Crippen LogP contribution >= 0.6 is 34.4 Å². The van der Waals surface area contributed by atoms with Crippen LogP contribution in [0.15, 0.2) is 24.3 Å². The molecule has 0 aromatic heterocycles. The van der Waals surface area contributed by atoms with E-state index in [-0.39, 0.29) is 5.91 Å². The molecule has 1 aromatic rings. The third kappa shape index (κ3) is 3.63. The maximum Gasteiger partial charge on any atom is 0.254 e. The van der Waals surface area contributed by atoms with Gasteiger partial charge in [0.15, 0.2) is 9.84 Å². The maximum atomic E-state index is 12.4. The Morgan fingerprint density at radius 2 is 2.00 bits per heavy atom. The first kappa shape index (κ1) is 15.1. The molecule has 0 spiro atoms. The fourth-order valence-corrected chi connectivity index (χ4v) is 5.10. The maximum absolute atomic E-state index is 12.4. The summed E-state index contributed by atoms with van der Waals surface area (Å²) in [5, 5.41) is -0.710. The summed E-state index contributed by atoms with van der Waals surface area (Å²) in [6.07, 6.45) is 1.19. The van der Waals surface area contributed by atoms with Crippen molar-refractivity contribution in [2.45, 2.75) is 5.37 Å². The Balaban J connectivity index is 2.27. The van der Waals surface area contributed by atoms with Crippen molar-refractivity contribution in [1.82, 2.24) is 4.90 Å². The average Bonchev–Trinajstić information content (AvgIpc) is 2.38. The van der Waals surface area contributed by atoms with Gasteiger partial charge in [-0.25, -0.2) is 8.42 Å². The largest absolute Gasteiger partial charge is 0.320 e. The number of carbonyl (C=O) groups is 1. The highest BCUT2D eigenvalue weighted by molar-refractivity contribution is 14.1. The highest BCUT2D eigenvalue weighted by atomic mass is 127. The number of amides is 1. The van der Waals surface area contributed by atoms with Crippen molar-refractivity contribution < 1.29 is 13.2 Å². The van der Waals surface area contributed by atoms with Crippen LogP contribution in [-0.2, 0) is 9.84 Å². The number of benzene rings is 1. The van der Waals surface area contributed by atoms with Crippen LogP contribution in [0, 0.1) is 3.57 Å². The van der Waals surface area contributed by atoms with Gasteiger partial charge in [0.25, 0.3) is 5.91 Å². The van der Waals surface area contributed by atoms with Gasteiger partial charge in [-0.15, -0.1) is 0 Å². The lowest BCUT2D eigenvalue weighted by atomic mass is 10.2. The predicted molar refractivity (Wildman–Crippen MR) is 86.2 cm³/mol. The van der Waals surface area contributed by atoms with Crippen molar-refractivity contribution in [2.24, 2.45) is 0 Å². The lowest BCUT2D eigenvalue weighted by Crippen LogP contribution is -2.49. The molecular formula is C12H14INO3S2. The first-order valence-corrected chi connectivity index (χ1v) is 9.91. The van der Waals surface area contributed by atoms with E-state index in [9.17, 15) is 13.2 Å². The van der Waals surface area contributed by atoms with Crippen molar-refractivity contribution >= 4 is 50.1 Å². The number of rotatable bonds is 2. The van der Waals surface area contributed by atoms with Gasteiger partial charge in [0.2, 0.25) is 0 Å². The number of thioether (sulfide) groups is 1. The second-order valence-corrected chi connectivity index (χ2v) is 8.96. The quantitative estimate of drug-likeness (QED) is 0.698. The van der Waals surface area contributed by atoms with Crippen LogP contribution in [0.25, 0.3) is 0 Å². The zero-order chi connectivity index (χ0) is 14.0. The van der Waals surface area contributed by atoms with E-state index in [4.69, 9.17) is 0 Å². The number of carbonyl (C=O) groups excluding carboxylic acids is 1. The minimum absolute atomic E-state index is 0.202. The first-order chi connectivity index (χ1) is 8.89. The summed E-state index contributed by atoms with van der Waals surface area (Å²) in [7, 11) is -3.25. The molecule has 0 aliphatic carbocycles. The fourth-order valence-electron chi connectivity index (χ4n) is 1.93. The van der Waals surface area contributed by atoms with E-state index in [1.54, 1.807) is 23.9 Å². The smallest absolute Gasteiger partial charge is 0.254 e. The Bertz CT molecular complexity index is 571. The lowest BCUT2D eigenvalue weighted by Gasteiger charge is -2.34. The molecule has 1 atom stereocenters. The van der Waals surface area contributed by atoms with Gasteiger partial charge in [-0.2, -0.15) is 11.8 Å². The number of halogens is 1. The Morgan fingerprint density at radius 1 is 1.37 bits per heavy atom. The van der Waals surface area contributed by atoms with Gasteiger partial charge in [0.1, 0.15) is 5.37 Å². The minimum Gasteiger partial charge on any atom is -0.320 e. The van der Waals surface area contributed by atoms with E-state index in [1.165, 1.54) is 11.2 Å². The van der Waals surface area contributed by atoms with Gasteiger partial charge in [-0.3, -0.25) is 4.79 Å². The Kier molecular flexibility index (Phi) is 4.78. The third-order valence-corrected chi connectivity index (χ3v) is 6.29. The predicted octanol–water partition coefficient (Wildman–Crippen LogP) is 1.85. The van der Waals surface area contributed by atoms with Crippen molar-refractivity contribution in [3.63, 3.8) is 0 Å². The molecule has 0 bridgehead atoms. The van der Waals surface area contributed by atoms with Crippen LogP contribution < -0.4 is 0 Å². The lowest BCUT2D eigenvalue weighted by molar-refractivity contribution is 0.0749. The molecule has 1 heterocycles. The van der Waals surface area contributed by atoms with Gasteiger partial charge in [0.05, 0.1) is 0 Å². The Morgan fingerprint density at radius 3 is 2.58 bits per heavy atom. The molecule has 4 nitrogen and oxygen atoms in total. The van der Waals surface area contributed by atoms with Crippen LogP contribution in [0.5, 0.6) is 0 Å². The summed E-state index contributed by atoms with van der Waals surface area (Å²) in [5.41, 5.74) is 0.543. The molecule has 7 heteroatoms. The highest BCUT2D eigenvalue weighted by Gasteiger charge is 2.34. The normalized spacial score (nSPS) is 20.3. The number of hydrogen-bond donors (Lipinski definition) is 0. The zero-order valence-corrected chi connectivity index (χ0v) is 14.2. The van der Waals surface area contributed by atoms with E-state index >= 15 is 0 Å². The van der Waals surface area contributed by atoms with Crippen LogP contribution in [0.4, 0.5) is 0 Å². The van der Waals surface area contributed by atoms with Crippen LogP contribution in [0.3, 0.4) is 0 Å². The Hall–Kier alpha value is -0.280. The zero-order valence-electron chi connectivity index (χ0n) is 10.4. The van der Waals surface area contributed by atoms with E-state index in [1.807, 2.05) is 12.1 Å². The molecule has 1 saturated heterocycles. The van der Waals surface area contributed by atoms with Gasteiger partial charge >= 0.3 is 0 Å². The van der Waals surface area contributed by atoms with E-state index in [0.717, 1.165) is 9.32 Å². The average molecular weight is 411 g/mol. The van der Waals surface area contributed by atoms with Gasteiger partial charge in [-0.1, -0.05) is 0 Å². The molecule has 1 aliphatic heterocycles. The summed E-state index contributed by atoms with van der Waals surface area (Å²) >= 11 is 3.74. The molecule has 1 aromatic carbocycles. The second-order valence-electron chi connectivity index (χ2n) is 4.36. The number of hydrogen-bond acceptors (Lipinski definition) is 4. The van der Waals surface area contributed by atoms with Crippen molar-refractivity contribution in [2.75, 3.05) is 24.3 Å². The summed E-state index contributed by atoms with van der Waals surface area (Å²) in [6, 6.07) is 7.18. The van der Waals surface area contributed by atoms with Gasteiger partial charge in [0, 0.05) is 33.4 Å².